The summed E-state index contributed by atoms with van der Waals surface area (Å²) in [7, 11) is -1.67. The number of nitrogens with one attached hydrogen (secondary N) is 1. The van der Waals surface area contributed by atoms with Crippen molar-refractivity contribution in [2.75, 3.05) is 13.4 Å². The fraction of sp³-hybridized carbons (Fsp3) is 0.176. The molecule has 0 spiro atoms. The SMILES string of the molecule is COc1cn[nH]c1-c1ccc(OCc2cccc(S(C)(=O)=O)c2)cn1. The number of aromatic amines is 1. The molecule has 0 saturated carbocycles. The molecule has 0 unspecified atom stereocenters. The highest BCUT2D eigenvalue weighted by molar-refractivity contribution is 7.90. The predicted octanol–water partition coefficient (Wildman–Crippen LogP) is 2.46. The van der Waals surface area contributed by atoms with E-state index >= 15 is 0 Å². The number of ether oxygens (including phenoxy) is 2. The normalized spacial score (nSPS) is 11.3. The van der Waals surface area contributed by atoms with Gasteiger partial charge < -0.3 is 9.47 Å². The van der Waals surface area contributed by atoms with Gasteiger partial charge in [0.25, 0.3) is 0 Å². The van der Waals surface area contributed by atoms with Gasteiger partial charge in [0.1, 0.15) is 18.1 Å². The molecule has 2 aromatic heterocycles. The van der Waals surface area contributed by atoms with Gasteiger partial charge in [-0.3, -0.25) is 10.1 Å². The van der Waals surface area contributed by atoms with E-state index in [1.807, 2.05) is 6.07 Å². The molecule has 0 aliphatic carbocycles. The molecule has 3 rings (SSSR count). The van der Waals surface area contributed by atoms with Crippen LogP contribution < -0.4 is 9.47 Å². The predicted molar refractivity (Wildman–Crippen MR) is 92.3 cm³/mol. The second-order valence-corrected chi connectivity index (χ2v) is 7.42. The number of rotatable bonds is 6. The molecule has 0 aliphatic rings. The van der Waals surface area contributed by atoms with Crippen LogP contribution in [0.4, 0.5) is 0 Å². The molecule has 130 valence electrons. The fourth-order valence-corrected chi connectivity index (χ4v) is 2.95. The number of hydrogen-bond acceptors (Lipinski definition) is 6. The lowest BCUT2D eigenvalue weighted by Crippen LogP contribution is -2.00. The van der Waals surface area contributed by atoms with Gasteiger partial charge in [-0.2, -0.15) is 5.10 Å². The van der Waals surface area contributed by atoms with E-state index in [1.165, 1.54) is 6.26 Å². The molecule has 0 radical (unpaired) electrons. The van der Waals surface area contributed by atoms with Gasteiger partial charge in [-0.25, -0.2) is 8.42 Å². The number of methoxy groups -OCH3 is 1. The molecule has 25 heavy (non-hydrogen) atoms. The second-order valence-electron chi connectivity index (χ2n) is 5.40. The highest BCUT2D eigenvalue weighted by Gasteiger charge is 2.10. The van der Waals surface area contributed by atoms with Crippen molar-refractivity contribution >= 4 is 9.84 Å². The summed E-state index contributed by atoms with van der Waals surface area (Å²) in [5.41, 5.74) is 2.14. The highest BCUT2D eigenvalue weighted by Crippen LogP contribution is 2.26. The first-order valence-corrected chi connectivity index (χ1v) is 9.32. The molecule has 0 saturated heterocycles. The monoisotopic (exact) mass is 359 g/mol. The van der Waals surface area contributed by atoms with Crippen molar-refractivity contribution in [1.29, 1.82) is 0 Å². The van der Waals surface area contributed by atoms with Crippen LogP contribution in [0.5, 0.6) is 11.5 Å². The summed E-state index contributed by atoms with van der Waals surface area (Å²) in [5.74, 6) is 1.19. The molecular weight excluding hydrogens is 342 g/mol. The number of sulfone groups is 1. The molecule has 0 atom stereocenters. The van der Waals surface area contributed by atoms with E-state index in [1.54, 1.807) is 49.8 Å². The first kappa shape index (κ1) is 17.0. The Labute approximate surface area is 145 Å². The van der Waals surface area contributed by atoms with Crippen molar-refractivity contribution in [2.24, 2.45) is 0 Å². The van der Waals surface area contributed by atoms with Crippen molar-refractivity contribution in [3.63, 3.8) is 0 Å². The molecule has 2 heterocycles. The maximum absolute atomic E-state index is 11.6. The van der Waals surface area contributed by atoms with Crippen molar-refractivity contribution < 1.29 is 17.9 Å². The Kier molecular flexibility index (Phi) is 4.71. The molecule has 8 heteroatoms. The summed E-state index contributed by atoms with van der Waals surface area (Å²) in [5, 5.41) is 6.76. The van der Waals surface area contributed by atoms with Crippen LogP contribution in [0.1, 0.15) is 5.56 Å². The summed E-state index contributed by atoms with van der Waals surface area (Å²) in [6, 6.07) is 10.2. The molecule has 3 aromatic rings. The smallest absolute Gasteiger partial charge is 0.175 e. The lowest BCUT2D eigenvalue weighted by atomic mass is 10.2. The van der Waals surface area contributed by atoms with Gasteiger partial charge >= 0.3 is 0 Å². The standard InChI is InChI=1S/C17H17N3O4S/c1-23-16-10-19-20-17(16)15-7-6-13(9-18-15)24-11-12-4-3-5-14(8-12)25(2,21)22/h3-10H,11H2,1-2H3,(H,19,20). The average Bonchev–Trinajstić information content (AvgIpc) is 3.09. The Morgan fingerprint density at radius 3 is 2.68 bits per heavy atom. The largest absolute Gasteiger partial charge is 0.493 e. The third kappa shape index (κ3) is 3.97. The van der Waals surface area contributed by atoms with Crippen LogP contribution in [-0.2, 0) is 16.4 Å². The summed E-state index contributed by atoms with van der Waals surface area (Å²) in [6.07, 6.45) is 4.35. The number of benzene rings is 1. The molecular formula is C17H17N3O4S. The first-order chi connectivity index (χ1) is 12.0. The molecule has 7 nitrogen and oxygen atoms in total. The minimum Gasteiger partial charge on any atom is -0.493 e. The third-order valence-corrected chi connectivity index (χ3v) is 4.66. The maximum Gasteiger partial charge on any atom is 0.175 e. The van der Waals surface area contributed by atoms with Crippen molar-refractivity contribution in [1.82, 2.24) is 15.2 Å². The van der Waals surface area contributed by atoms with Crippen molar-refractivity contribution in [2.45, 2.75) is 11.5 Å². The van der Waals surface area contributed by atoms with Crippen LogP contribution in [0.15, 0.2) is 53.7 Å². The fourth-order valence-electron chi connectivity index (χ4n) is 2.26. The Morgan fingerprint density at radius 1 is 1.16 bits per heavy atom. The number of H-pyrrole nitrogens is 1. The van der Waals surface area contributed by atoms with E-state index in [9.17, 15) is 8.42 Å². The lowest BCUT2D eigenvalue weighted by molar-refractivity contribution is 0.305. The minimum atomic E-state index is -3.23. The van der Waals surface area contributed by atoms with Gasteiger partial charge in [0.2, 0.25) is 0 Å². The Balaban J connectivity index is 1.70. The summed E-state index contributed by atoms with van der Waals surface area (Å²) >= 11 is 0. The van der Waals surface area contributed by atoms with E-state index in [-0.39, 0.29) is 11.5 Å². The van der Waals surface area contributed by atoms with Crippen molar-refractivity contribution in [3.8, 4) is 22.9 Å². The quantitative estimate of drug-likeness (QED) is 0.726. The Bertz CT molecular complexity index is 966. The zero-order chi connectivity index (χ0) is 17.9. The maximum atomic E-state index is 11.6. The molecule has 0 bridgehead atoms. The highest BCUT2D eigenvalue weighted by atomic mass is 32.2. The zero-order valence-electron chi connectivity index (χ0n) is 13.8. The topological polar surface area (TPSA) is 94.2 Å². The van der Waals surface area contributed by atoms with Gasteiger partial charge in [0.05, 0.1) is 30.1 Å². The van der Waals surface area contributed by atoms with Crippen LogP contribution in [-0.4, -0.2) is 37.0 Å². The summed E-state index contributed by atoms with van der Waals surface area (Å²) < 4.78 is 34.1. The lowest BCUT2D eigenvalue weighted by Gasteiger charge is -2.08. The number of hydrogen-bond donors (Lipinski definition) is 1. The van der Waals surface area contributed by atoms with E-state index < -0.39 is 9.84 Å². The van der Waals surface area contributed by atoms with Crippen LogP contribution in [0.2, 0.25) is 0 Å². The molecule has 0 fully saturated rings. The van der Waals surface area contributed by atoms with E-state index in [2.05, 4.69) is 15.2 Å². The first-order valence-electron chi connectivity index (χ1n) is 7.43. The third-order valence-electron chi connectivity index (χ3n) is 3.55. The van der Waals surface area contributed by atoms with Gasteiger partial charge in [0, 0.05) is 6.26 Å². The van der Waals surface area contributed by atoms with Gasteiger partial charge in [-0.1, -0.05) is 12.1 Å². The van der Waals surface area contributed by atoms with Crippen LogP contribution >= 0.6 is 0 Å². The Morgan fingerprint density at radius 2 is 2.00 bits per heavy atom. The van der Waals surface area contributed by atoms with E-state index in [0.717, 1.165) is 5.56 Å². The number of pyridine rings is 1. The number of nitrogens with zero attached hydrogens (tertiary/aromatic N) is 2. The average molecular weight is 359 g/mol. The summed E-state index contributed by atoms with van der Waals surface area (Å²) in [6.45, 7) is 0.248. The second kappa shape index (κ2) is 6.94. The van der Waals surface area contributed by atoms with E-state index in [4.69, 9.17) is 9.47 Å². The van der Waals surface area contributed by atoms with Gasteiger partial charge in [0.15, 0.2) is 15.6 Å². The van der Waals surface area contributed by atoms with Crippen LogP contribution in [0.25, 0.3) is 11.4 Å². The molecule has 0 amide bonds. The molecule has 0 aliphatic heterocycles. The minimum absolute atomic E-state index is 0.248. The number of aromatic nitrogens is 3. The Hall–Kier alpha value is -2.87. The van der Waals surface area contributed by atoms with Crippen molar-refractivity contribution in [3.05, 3.63) is 54.4 Å². The van der Waals surface area contributed by atoms with Crippen LogP contribution in [0, 0.1) is 0 Å². The van der Waals surface area contributed by atoms with E-state index in [0.29, 0.717) is 22.9 Å². The molecule has 1 N–H and O–H groups in total. The van der Waals surface area contributed by atoms with Crippen LogP contribution in [0.3, 0.4) is 0 Å². The molecule has 1 aromatic carbocycles. The summed E-state index contributed by atoms with van der Waals surface area (Å²) in [4.78, 5) is 4.60. The zero-order valence-corrected chi connectivity index (χ0v) is 14.6. The van der Waals surface area contributed by atoms with Gasteiger partial charge in [-0.05, 0) is 29.8 Å². The van der Waals surface area contributed by atoms with Gasteiger partial charge in [-0.15, -0.1) is 0 Å².